The molecule has 0 aromatic carbocycles. The minimum absolute atomic E-state index is 0.136. The third-order valence-electron chi connectivity index (χ3n) is 2.06. The van der Waals surface area contributed by atoms with Crippen molar-refractivity contribution < 1.29 is 4.79 Å². The van der Waals surface area contributed by atoms with Crippen LogP contribution in [0, 0.1) is 6.92 Å². The zero-order valence-electron chi connectivity index (χ0n) is 9.03. The van der Waals surface area contributed by atoms with Gasteiger partial charge in [0, 0.05) is 12.7 Å². The largest absolute Gasteiger partial charge is 0.396 e. The van der Waals surface area contributed by atoms with Crippen LogP contribution in [0.2, 0.25) is 0 Å². The molecule has 0 aliphatic rings. The lowest BCUT2D eigenvalue weighted by molar-refractivity contribution is -0.116. The van der Waals surface area contributed by atoms with E-state index in [0.29, 0.717) is 18.1 Å². The Morgan fingerprint density at radius 1 is 1.60 bits per heavy atom. The molecule has 0 saturated heterocycles. The van der Waals surface area contributed by atoms with Gasteiger partial charge in [-0.15, -0.1) is 0 Å². The first-order valence-electron chi connectivity index (χ1n) is 4.80. The van der Waals surface area contributed by atoms with Gasteiger partial charge in [-0.1, -0.05) is 0 Å². The van der Waals surface area contributed by atoms with Gasteiger partial charge in [-0.2, -0.15) is 0 Å². The molecule has 0 saturated carbocycles. The van der Waals surface area contributed by atoms with E-state index in [0.717, 1.165) is 5.56 Å². The summed E-state index contributed by atoms with van der Waals surface area (Å²) < 4.78 is 0. The number of aromatic nitrogens is 1. The zero-order valence-corrected chi connectivity index (χ0v) is 9.03. The number of amides is 1. The van der Waals surface area contributed by atoms with Crippen molar-refractivity contribution >= 4 is 17.4 Å². The van der Waals surface area contributed by atoms with E-state index in [1.165, 1.54) is 0 Å². The lowest BCUT2D eigenvalue weighted by Crippen LogP contribution is -2.34. The smallest absolute Gasteiger partial charge is 0.236 e. The second-order valence-electron chi connectivity index (χ2n) is 3.41. The standard InChI is InChI=1S/C10H16N4O/c1-3-14(6-9(12)15)10-8(11)4-7(2)5-13-10/h4-5H,3,6,11H2,1-2H3,(H2,12,15). The maximum Gasteiger partial charge on any atom is 0.236 e. The van der Waals surface area contributed by atoms with Crippen LogP contribution in [0.1, 0.15) is 12.5 Å². The molecule has 0 aliphatic carbocycles. The van der Waals surface area contributed by atoms with E-state index in [4.69, 9.17) is 11.5 Å². The van der Waals surface area contributed by atoms with Gasteiger partial charge < -0.3 is 16.4 Å². The van der Waals surface area contributed by atoms with Crippen molar-refractivity contribution in [2.75, 3.05) is 23.7 Å². The highest BCUT2D eigenvalue weighted by Crippen LogP contribution is 2.20. The van der Waals surface area contributed by atoms with E-state index in [9.17, 15) is 4.79 Å². The van der Waals surface area contributed by atoms with Crippen molar-refractivity contribution in [3.05, 3.63) is 17.8 Å². The van der Waals surface area contributed by atoms with Crippen LogP contribution in [0.25, 0.3) is 0 Å². The number of anilines is 2. The average molecular weight is 208 g/mol. The van der Waals surface area contributed by atoms with Gasteiger partial charge in [0.1, 0.15) is 0 Å². The van der Waals surface area contributed by atoms with E-state index >= 15 is 0 Å². The van der Waals surface area contributed by atoms with Gasteiger partial charge >= 0.3 is 0 Å². The molecule has 82 valence electrons. The Morgan fingerprint density at radius 2 is 2.27 bits per heavy atom. The zero-order chi connectivity index (χ0) is 11.4. The molecule has 0 radical (unpaired) electrons. The predicted octanol–water partition coefficient (Wildman–Crippen LogP) is 0.284. The summed E-state index contributed by atoms with van der Waals surface area (Å²) in [6.07, 6.45) is 1.72. The summed E-state index contributed by atoms with van der Waals surface area (Å²) in [5.74, 6) is 0.223. The van der Waals surface area contributed by atoms with Gasteiger partial charge in [-0.25, -0.2) is 4.98 Å². The Morgan fingerprint density at radius 3 is 2.73 bits per heavy atom. The number of hydrogen-bond acceptors (Lipinski definition) is 4. The first-order chi connectivity index (χ1) is 7.04. The number of pyridine rings is 1. The molecule has 15 heavy (non-hydrogen) atoms. The molecule has 0 bridgehead atoms. The first kappa shape index (κ1) is 11.3. The summed E-state index contributed by atoms with van der Waals surface area (Å²) in [6, 6.07) is 1.83. The number of primary amides is 1. The summed E-state index contributed by atoms with van der Waals surface area (Å²) in [5, 5.41) is 0. The van der Waals surface area contributed by atoms with Crippen LogP contribution >= 0.6 is 0 Å². The fourth-order valence-electron chi connectivity index (χ4n) is 1.37. The van der Waals surface area contributed by atoms with Crippen molar-refractivity contribution in [3.63, 3.8) is 0 Å². The van der Waals surface area contributed by atoms with Crippen molar-refractivity contribution in [1.82, 2.24) is 4.98 Å². The summed E-state index contributed by atoms with van der Waals surface area (Å²) in [5.41, 5.74) is 12.5. The highest BCUT2D eigenvalue weighted by atomic mass is 16.1. The monoisotopic (exact) mass is 208 g/mol. The van der Waals surface area contributed by atoms with Gasteiger partial charge in [-0.3, -0.25) is 4.79 Å². The Bertz CT molecular complexity index is 364. The molecule has 1 rings (SSSR count). The number of aryl methyl sites for hydroxylation is 1. The molecule has 0 fully saturated rings. The fraction of sp³-hybridized carbons (Fsp3) is 0.400. The van der Waals surface area contributed by atoms with Crippen LogP contribution in [0.15, 0.2) is 12.3 Å². The molecule has 4 N–H and O–H groups in total. The van der Waals surface area contributed by atoms with Crippen LogP contribution < -0.4 is 16.4 Å². The summed E-state index contributed by atoms with van der Waals surface area (Å²) in [6.45, 7) is 4.61. The highest BCUT2D eigenvalue weighted by molar-refractivity contribution is 5.80. The second kappa shape index (κ2) is 4.63. The van der Waals surface area contributed by atoms with Crippen molar-refractivity contribution in [3.8, 4) is 0 Å². The molecule has 0 unspecified atom stereocenters. The van der Waals surface area contributed by atoms with Crippen LogP contribution in [0.4, 0.5) is 11.5 Å². The van der Waals surface area contributed by atoms with Crippen molar-refractivity contribution in [1.29, 1.82) is 0 Å². The normalized spacial score (nSPS) is 10.0. The number of carbonyl (C=O) groups excluding carboxylic acids is 1. The number of nitrogen functional groups attached to an aromatic ring is 1. The van der Waals surface area contributed by atoms with Crippen LogP contribution in [-0.2, 0) is 4.79 Å². The number of hydrogen-bond donors (Lipinski definition) is 2. The third kappa shape index (κ3) is 2.83. The number of likely N-dealkylation sites (N-methyl/N-ethyl adjacent to an activating group) is 1. The molecular formula is C10H16N4O. The van der Waals surface area contributed by atoms with E-state index < -0.39 is 5.91 Å². The Kier molecular flexibility index (Phi) is 3.49. The molecular weight excluding hydrogens is 192 g/mol. The Labute approximate surface area is 89.1 Å². The quantitative estimate of drug-likeness (QED) is 0.744. The second-order valence-corrected chi connectivity index (χ2v) is 3.41. The van der Waals surface area contributed by atoms with Gasteiger partial charge in [0.15, 0.2) is 5.82 Å². The molecule has 5 heteroatoms. The molecule has 1 heterocycles. The summed E-state index contributed by atoms with van der Waals surface area (Å²) in [4.78, 5) is 16.8. The molecule has 1 amide bonds. The summed E-state index contributed by atoms with van der Waals surface area (Å²) in [7, 11) is 0. The molecule has 1 aromatic heterocycles. The maximum absolute atomic E-state index is 10.8. The Hall–Kier alpha value is -1.78. The summed E-state index contributed by atoms with van der Waals surface area (Å²) >= 11 is 0. The van der Waals surface area contributed by atoms with Crippen LogP contribution in [-0.4, -0.2) is 24.0 Å². The molecule has 0 atom stereocenters. The number of nitrogens with zero attached hydrogens (tertiary/aromatic N) is 2. The van der Waals surface area contributed by atoms with Crippen molar-refractivity contribution in [2.45, 2.75) is 13.8 Å². The van der Waals surface area contributed by atoms with Gasteiger partial charge in [0.25, 0.3) is 0 Å². The number of rotatable bonds is 4. The van der Waals surface area contributed by atoms with Crippen molar-refractivity contribution in [2.24, 2.45) is 5.73 Å². The van der Waals surface area contributed by atoms with Crippen LogP contribution in [0.3, 0.4) is 0 Å². The minimum atomic E-state index is -0.390. The molecule has 0 spiro atoms. The number of carbonyl (C=O) groups is 1. The lowest BCUT2D eigenvalue weighted by Gasteiger charge is -2.21. The van der Waals surface area contributed by atoms with E-state index in [2.05, 4.69) is 4.98 Å². The first-order valence-corrected chi connectivity index (χ1v) is 4.80. The number of nitrogens with two attached hydrogens (primary N) is 2. The predicted molar refractivity (Wildman–Crippen MR) is 60.5 cm³/mol. The van der Waals surface area contributed by atoms with Gasteiger partial charge in [0.2, 0.25) is 5.91 Å². The lowest BCUT2D eigenvalue weighted by atomic mass is 10.2. The minimum Gasteiger partial charge on any atom is -0.396 e. The van der Waals surface area contributed by atoms with E-state index in [1.807, 2.05) is 19.9 Å². The average Bonchev–Trinajstić information content (AvgIpc) is 2.14. The van der Waals surface area contributed by atoms with Crippen LogP contribution in [0.5, 0.6) is 0 Å². The molecule has 0 aliphatic heterocycles. The SMILES string of the molecule is CCN(CC(N)=O)c1ncc(C)cc1N. The van der Waals surface area contributed by atoms with E-state index in [1.54, 1.807) is 11.1 Å². The maximum atomic E-state index is 10.8. The van der Waals surface area contributed by atoms with Gasteiger partial charge in [-0.05, 0) is 25.5 Å². The molecule has 1 aromatic rings. The topological polar surface area (TPSA) is 85.2 Å². The van der Waals surface area contributed by atoms with Gasteiger partial charge in [0.05, 0.1) is 12.2 Å². The fourth-order valence-corrected chi connectivity index (χ4v) is 1.37. The van der Waals surface area contributed by atoms with E-state index in [-0.39, 0.29) is 6.54 Å². The third-order valence-corrected chi connectivity index (χ3v) is 2.06. The Balaban J connectivity index is 2.96. The highest BCUT2D eigenvalue weighted by Gasteiger charge is 2.11. The molecule has 5 nitrogen and oxygen atoms in total.